The highest BCUT2D eigenvalue weighted by atomic mass is 16.3. The van der Waals surface area contributed by atoms with Crippen LogP contribution in [0.15, 0.2) is 52.2 Å². The van der Waals surface area contributed by atoms with E-state index in [1.807, 2.05) is 5.43 Å². The Morgan fingerprint density at radius 2 is 1.83 bits per heavy atom. The van der Waals surface area contributed by atoms with E-state index in [1.54, 1.807) is 43.3 Å². The lowest BCUT2D eigenvalue weighted by Gasteiger charge is -2.05. The summed E-state index contributed by atoms with van der Waals surface area (Å²) in [5.41, 5.74) is 8.59. The lowest BCUT2D eigenvalue weighted by Crippen LogP contribution is -2.33. The van der Waals surface area contributed by atoms with Crippen molar-refractivity contribution in [3.8, 4) is 0 Å². The van der Waals surface area contributed by atoms with Gasteiger partial charge in [0.1, 0.15) is 0 Å². The third-order valence-electron chi connectivity index (χ3n) is 2.85. The monoisotopic (exact) mass is 314 g/mol. The van der Waals surface area contributed by atoms with E-state index in [9.17, 15) is 14.4 Å². The summed E-state index contributed by atoms with van der Waals surface area (Å²) in [6, 6.07) is 9.93. The first-order valence-electron chi connectivity index (χ1n) is 6.56. The molecule has 2 aromatic rings. The number of anilines is 1. The van der Waals surface area contributed by atoms with Gasteiger partial charge in [0.25, 0.3) is 5.91 Å². The Morgan fingerprint density at radius 3 is 2.39 bits per heavy atom. The van der Waals surface area contributed by atoms with Crippen molar-refractivity contribution < 1.29 is 18.8 Å². The van der Waals surface area contributed by atoms with Crippen LogP contribution in [0.5, 0.6) is 0 Å². The van der Waals surface area contributed by atoms with Gasteiger partial charge in [-0.15, -0.1) is 0 Å². The predicted octanol–water partition coefficient (Wildman–Crippen LogP) is 0.857. The number of nitrogens with zero attached hydrogens (tertiary/aromatic N) is 1. The number of amides is 3. The summed E-state index contributed by atoms with van der Waals surface area (Å²) in [4.78, 5) is 33.4. The van der Waals surface area contributed by atoms with Crippen molar-refractivity contribution in [2.45, 2.75) is 6.92 Å². The molecule has 8 nitrogen and oxygen atoms in total. The van der Waals surface area contributed by atoms with E-state index in [2.05, 4.69) is 10.4 Å². The number of rotatable bonds is 4. The molecule has 23 heavy (non-hydrogen) atoms. The third-order valence-corrected chi connectivity index (χ3v) is 2.85. The van der Waals surface area contributed by atoms with Gasteiger partial charge < -0.3 is 15.5 Å². The number of primary amides is 1. The molecular formula is C15H14N4O4. The van der Waals surface area contributed by atoms with Gasteiger partial charge >= 0.3 is 11.8 Å². The smallest absolute Gasteiger partial charge is 0.329 e. The second kappa shape index (κ2) is 7.03. The van der Waals surface area contributed by atoms with Gasteiger partial charge in [0.05, 0.1) is 12.0 Å². The molecule has 1 aromatic heterocycles. The summed E-state index contributed by atoms with van der Waals surface area (Å²) in [7, 11) is 0. The van der Waals surface area contributed by atoms with Gasteiger partial charge in [0.2, 0.25) is 0 Å². The Kier molecular flexibility index (Phi) is 4.88. The van der Waals surface area contributed by atoms with E-state index in [4.69, 9.17) is 10.2 Å². The zero-order chi connectivity index (χ0) is 16.8. The lowest BCUT2D eigenvalue weighted by atomic mass is 10.1. The number of benzene rings is 1. The average Bonchev–Trinajstić information content (AvgIpc) is 3.07. The Hall–Kier alpha value is -3.42. The van der Waals surface area contributed by atoms with Crippen molar-refractivity contribution >= 4 is 29.1 Å². The van der Waals surface area contributed by atoms with Crippen LogP contribution in [0.4, 0.5) is 5.69 Å². The maximum absolute atomic E-state index is 11.8. The number of carbonyl (C=O) groups excluding carboxylic acids is 3. The fourth-order valence-corrected chi connectivity index (χ4v) is 1.65. The molecule has 118 valence electrons. The molecule has 0 saturated heterocycles. The molecule has 4 N–H and O–H groups in total. The van der Waals surface area contributed by atoms with Crippen molar-refractivity contribution in [1.29, 1.82) is 0 Å². The zero-order valence-corrected chi connectivity index (χ0v) is 12.2. The Balaban J connectivity index is 2.01. The number of nitrogens with one attached hydrogen (secondary N) is 2. The van der Waals surface area contributed by atoms with Crippen LogP contribution in [0, 0.1) is 0 Å². The van der Waals surface area contributed by atoms with Gasteiger partial charge in [-0.25, -0.2) is 5.43 Å². The summed E-state index contributed by atoms with van der Waals surface area (Å²) in [5, 5.41) is 6.43. The van der Waals surface area contributed by atoms with Crippen LogP contribution >= 0.6 is 0 Å². The van der Waals surface area contributed by atoms with Gasteiger partial charge in [-0.2, -0.15) is 5.10 Å². The molecule has 3 amide bonds. The standard InChI is InChI=1S/C15H14N4O4/c1-9(18-19-15(22)13(16)20)10-4-6-11(7-5-10)17-14(21)12-3-2-8-23-12/h2-8H,1H3,(H2,16,20)(H,17,21)(H,19,22). The third kappa shape index (κ3) is 4.27. The zero-order valence-electron chi connectivity index (χ0n) is 12.2. The molecule has 0 unspecified atom stereocenters. The molecule has 0 bridgehead atoms. The van der Waals surface area contributed by atoms with E-state index in [0.29, 0.717) is 17.0 Å². The van der Waals surface area contributed by atoms with Gasteiger partial charge in [-0.3, -0.25) is 14.4 Å². The molecule has 0 radical (unpaired) electrons. The summed E-state index contributed by atoms with van der Waals surface area (Å²) in [6.45, 7) is 1.65. The summed E-state index contributed by atoms with van der Waals surface area (Å²) in [5.74, 6) is -2.26. The maximum atomic E-state index is 11.8. The molecular weight excluding hydrogens is 300 g/mol. The molecule has 1 aromatic carbocycles. The molecule has 2 rings (SSSR count). The van der Waals surface area contributed by atoms with Crippen LogP contribution in [-0.2, 0) is 9.59 Å². The van der Waals surface area contributed by atoms with Crippen molar-refractivity contribution in [2.75, 3.05) is 5.32 Å². The highest BCUT2D eigenvalue weighted by molar-refractivity contribution is 6.34. The molecule has 0 fully saturated rings. The van der Waals surface area contributed by atoms with Crippen LogP contribution < -0.4 is 16.5 Å². The first-order valence-corrected chi connectivity index (χ1v) is 6.56. The highest BCUT2D eigenvalue weighted by Crippen LogP contribution is 2.12. The van der Waals surface area contributed by atoms with E-state index in [0.717, 1.165) is 0 Å². The molecule has 0 atom stereocenters. The molecule has 0 spiro atoms. The fraction of sp³-hybridized carbons (Fsp3) is 0.0667. The van der Waals surface area contributed by atoms with E-state index in [1.165, 1.54) is 6.26 Å². The van der Waals surface area contributed by atoms with Crippen molar-refractivity contribution in [3.05, 3.63) is 54.0 Å². The molecule has 0 saturated carbocycles. The van der Waals surface area contributed by atoms with Gasteiger partial charge in [0, 0.05) is 5.69 Å². The van der Waals surface area contributed by atoms with Crippen LogP contribution in [0.2, 0.25) is 0 Å². The predicted molar refractivity (Wildman–Crippen MR) is 82.7 cm³/mol. The quantitative estimate of drug-likeness (QED) is 0.439. The molecule has 0 aliphatic rings. The molecule has 0 aliphatic carbocycles. The number of nitrogens with two attached hydrogens (primary N) is 1. The highest BCUT2D eigenvalue weighted by Gasteiger charge is 2.09. The van der Waals surface area contributed by atoms with Crippen LogP contribution in [-0.4, -0.2) is 23.4 Å². The lowest BCUT2D eigenvalue weighted by molar-refractivity contribution is -0.137. The van der Waals surface area contributed by atoms with Crippen LogP contribution in [0.1, 0.15) is 23.0 Å². The normalized spacial score (nSPS) is 10.9. The summed E-state index contributed by atoms with van der Waals surface area (Å²) >= 11 is 0. The first kappa shape index (κ1) is 16.0. The number of hydrazone groups is 1. The van der Waals surface area contributed by atoms with Crippen molar-refractivity contribution in [3.63, 3.8) is 0 Å². The average molecular weight is 314 g/mol. The SMILES string of the molecule is CC(=NNC(=O)C(N)=O)c1ccc(NC(=O)c2ccco2)cc1. The number of hydrogen-bond acceptors (Lipinski definition) is 5. The van der Waals surface area contributed by atoms with Crippen molar-refractivity contribution in [2.24, 2.45) is 10.8 Å². The van der Waals surface area contributed by atoms with Gasteiger partial charge in [0.15, 0.2) is 5.76 Å². The second-order valence-electron chi connectivity index (χ2n) is 4.51. The Bertz CT molecular complexity index is 748. The largest absolute Gasteiger partial charge is 0.459 e. The summed E-state index contributed by atoms with van der Waals surface area (Å²) < 4.78 is 4.99. The number of carbonyl (C=O) groups is 3. The topological polar surface area (TPSA) is 127 Å². The first-order chi connectivity index (χ1) is 11.0. The molecule has 1 heterocycles. The minimum absolute atomic E-state index is 0.209. The van der Waals surface area contributed by atoms with Crippen LogP contribution in [0.3, 0.4) is 0 Å². The minimum atomic E-state index is -1.11. The van der Waals surface area contributed by atoms with Gasteiger partial charge in [-0.1, -0.05) is 12.1 Å². The number of furan rings is 1. The van der Waals surface area contributed by atoms with Gasteiger partial charge in [-0.05, 0) is 36.8 Å². The van der Waals surface area contributed by atoms with Crippen molar-refractivity contribution in [1.82, 2.24) is 5.43 Å². The van der Waals surface area contributed by atoms with Crippen LogP contribution in [0.25, 0.3) is 0 Å². The van der Waals surface area contributed by atoms with E-state index >= 15 is 0 Å². The second-order valence-corrected chi connectivity index (χ2v) is 4.51. The molecule has 8 heteroatoms. The summed E-state index contributed by atoms with van der Waals surface area (Å²) in [6.07, 6.45) is 1.41. The Morgan fingerprint density at radius 1 is 1.13 bits per heavy atom. The molecule has 0 aliphatic heterocycles. The maximum Gasteiger partial charge on any atom is 0.329 e. The van der Waals surface area contributed by atoms with E-state index in [-0.39, 0.29) is 11.7 Å². The Labute approximate surface area is 131 Å². The van der Waals surface area contributed by atoms with E-state index < -0.39 is 11.8 Å². The minimum Gasteiger partial charge on any atom is -0.459 e. The fourth-order valence-electron chi connectivity index (χ4n) is 1.65. The number of hydrogen-bond donors (Lipinski definition) is 3.